The number of anilines is 1. The third-order valence-corrected chi connectivity index (χ3v) is 3.74. The van der Waals surface area contributed by atoms with Crippen molar-refractivity contribution in [1.82, 2.24) is 0 Å². The normalized spacial score (nSPS) is 14.4. The molecule has 0 saturated carbocycles. The van der Waals surface area contributed by atoms with Crippen LogP contribution in [-0.4, -0.2) is 13.6 Å². The molecule has 0 bridgehead atoms. The standard InChI is InChI=1S/C17H19N/c1-13-11-15-9-6-10-18(2)17(15)16(12-13)14-7-4-3-5-8-14/h3-5,7-8,11-12H,6,9-10H2,1-2H3. The lowest BCUT2D eigenvalue weighted by Gasteiger charge is -2.30. The maximum absolute atomic E-state index is 2.40. The molecule has 0 aromatic heterocycles. The van der Waals surface area contributed by atoms with Gasteiger partial charge in [0.2, 0.25) is 0 Å². The van der Waals surface area contributed by atoms with Crippen molar-refractivity contribution in [3.8, 4) is 11.1 Å². The number of hydrogen-bond donors (Lipinski definition) is 0. The van der Waals surface area contributed by atoms with Crippen LogP contribution >= 0.6 is 0 Å². The van der Waals surface area contributed by atoms with E-state index in [4.69, 9.17) is 0 Å². The number of fused-ring (bicyclic) bond motifs is 1. The van der Waals surface area contributed by atoms with E-state index in [2.05, 4.69) is 61.3 Å². The highest BCUT2D eigenvalue weighted by Gasteiger charge is 2.18. The lowest BCUT2D eigenvalue weighted by atomic mass is 9.92. The van der Waals surface area contributed by atoms with Crippen molar-refractivity contribution in [2.45, 2.75) is 19.8 Å². The van der Waals surface area contributed by atoms with Crippen molar-refractivity contribution in [1.29, 1.82) is 0 Å². The monoisotopic (exact) mass is 237 g/mol. The second-order valence-corrected chi connectivity index (χ2v) is 5.21. The van der Waals surface area contributed by atoms with Crippen LogP contribution in [0.15, 0.2) is 42.5 Å². The van der Waals surface area contributed by atoms with Crippen LogP contribution in [-0.2, 0) is 6.42 Å². The van der Waals surface area contributed by atoms with Gasteiger partial charge in [-0.3, -0.25) is 0 Å². The van der Waals surface area contributed by atoms with Gasteiger partial charge in [-0.05, 0) is 37.0 Å². The molecular formula is C17H19N. The smallest absolute Gasteiger partial charge is 0.0476 e. The first-order valence-corrected chi connectivity index (χ1v) is 6.66. The van der Waals surface area contributed by atoms with Crippen LogP contribution in [0.2, 0.25) is 0 Å². The summed E-state index contributed by atoms with van der Waals surface area (Å²) in [6, 6.07) is 15.4. The highest BCUT2D eigenvalue weighted by Crippen LogP contribution is 2.37. The van der Waals surface area contributed by atoms with Gasteiger partial charge in [0.05, 0.1) is 0 Å². The van der Waals surface area contributed by atoms with Gasteiger partial charge in [-0.25, -0.2) is 0 Å². The minimum absolute atomic E-state index is 1.16. The molecule has 1 aliphatic heterocycles. The highest BCUT2D eigenvalue weighted by atomic mass is 15.1. The molecule has 1 nitrogen and oxygen atoms in total. The molecule has 2 aromatic carbocycles. The fourth-order valence-electron chi connectivity index (χ4n) is 2.95. The van der Waals surface area contributed by atoms with Crippen LogP contribution < -0.4 is 4.90 Å². The Hall–Kier alpha value is -1.76. The van der Waals surface area contributed by atoms with Crippen LogP contribution in [0, 0.1) is 6.92 Å². The van der Waals surface area contributed by atoms with E-state index in [1.165, 1.54) is 40.8 Å². The van der Waals surface area contributed by atoms with Crippen LogP contribution in [0.4, 0.5) is 5.69 Å². The third kappa shape index (κ3) is 1.90. The first-order valence-electron chi connectivity index (χ1n) is 6.66. The predicted octanol–water partition coefficient (Wildman–Crippen LogP) is 4.04. The van der Waals surface area contributed by atoms with Crippen molar-refractivity contribution in [2.24, 2.45) is 0 Å². The van der Waals surface area contributed by atoms with Crippen molar-refractivity contribution in [3.63, 3.8) is 0 Å². The Morgan fingerprint density at radius 1 is 1.06 bits per heavy atom. The Labute approximate surface area is 109 Å². The summed E-state index contributed by atoms with van der Waals surface area (Å²) < 4.78 is 0. The molecule has 18 heavy (non-hydrogen) atoms. The molecule has 3 rings (SSSR count). The van der Waals surface area contributed by atoms with Gasteiger partial charge >= 0.3 is 0 Å². The van der Waals surface area contributed by atoms with E-state index < -0.39 is 0 Å². The van der Waals surface area contributed by atoms with E-state index in [0.717, 1.165) is 6.54 Å². The Kier molecular flexibility index (Phi) is 2.83. The van der Waals surface area contributed by atoms with Crippen LogP contribution in [0.3, 0.4) is 0 Å². The SMILES string of the molecule is Cc1cc2c(c(-c3ccccc3)c1)N(C)CCC2. The second kappa shape index (κ2) is 4.49. The van der Waals surface area contributed by atoms with E-state index >= 15 is 0 Å². The average molecular weight is 237 g/mol. The van der Waals surface area contributed by atoms with Gasteiger partial charge in [-0.1, -0.05) is 42.0 Å². The lowest BCUT2D eigenvalue weighted by Crippen LogP contribution is -2.25. The second-order valence-electron chi connectivity index (χ2n) is 5.21. The summed E-state index contributed by atoms with van der Waals surface area (Å²) in [5.74, 6) is 0. The third-order valence-electron chi connectivity index (χ3n) is 3.74. The van der Waals surface area contributed by atoms with Gasteiger partial charge in [-0.2, -0.15) is 0 Å². The minimum atomic E-state index is 1.16. The number of benzene rings is 2. The Morgan fingerprint density at radius 2 is 1.83 bits per heavy atom. The average Bonchev–Trinajstić information content (AvgIpc) is 2.39. The molecule has 92 valence electrons. The predicted molar refractivity (Wildman–Crippen MR) is 78.2 cm³/mol. The Balaban J connectivity index is 2.23. The summed E-state index contributed by atoms with van der Waals surface area (Å²) in [4.78, 5) is 2.40. The van der Waals surface area contributed by atoms with Gasteiger partial charge in [0.15, 0.2) is 0 Å². The Bertz CT molecular complexity index is 557. The van der Waals surface area contributed by atoms with Crippen molar-refractivity contribution >= 4 is 5.69 Å². The van der Waals surface area contributed by atoms with Crippen molar-refractivity contribution < 1.29 is 0 Å². The summed E-state index contributed by atoms with van der Waals surface area (Å²) in [5, 5.41) is 0. The number of nitrogens with zero attached hydrogens (tertiary/aromatic N) is 1. The summed E-state index contributed by atoms with van der Waals surface area (Å²) >= 11 is 0. The van der Waals surface area contributed by atoms with Crippen molar-refractivity contribution in [3.05, 3.63) is 53.6 Å². The van der Waals surface area contributed by atoms with Crippen molar-refractivity contribution in [2.75, 3.05) is 18.5 Å². The molecule has 1 heteroatoms. The summed E-state index contributed by atoms with van der Waals surface area (Å²) in [5.41, 5.74) is 7.00. The zero-order valence-electron chi connectivity index (χ0n) is 11.1. The zero-order valence-corrected chi connectivity index (χ0v) is 11.1. The minimum Gasteiger partial charge on any atom is -0.374 e. The molecule has 1 aliphatic rings. The largest absolute Gasteiger partial charge is 0.374 e. The number of rotatable bonds is 1. The molecule has 0 spiro atoms. The highest BCUT2D eigenvalue weighted by molar-refractivity contribution is 5.82. The lowest BCUT2D eigenvalue weighted by molar-refractivity contribution is 0.744. The molecule has 1 heterocycles. The maximum atomic E-state index is 2.40. The molecule has 2 aromatic rings. The van der Waals surface area contributed by atoms with E-state index in [9.17, 15) is 0 Å². The van der Waals surface area contributed by atoms with Gasteiger partial charge in [0, 0.05) is 24.8 Å². The quantitative estimate of drug-likeness (QED) is 0.723. The summed E-state index contributed by atoms with van der Waals surface area (Å²) in [6.45, 7) is 3.36. The van der Waals surface area contributed by atoms with E-state index in [1.54, 1.807) is 0 Å². The summed E-state index contributed by atoms with van der Waals surface area (Å²) in [7, 11) is 2.21. The molecule has 0 amide bonds. The molecule has 0 fully saturated rings. The maximum Gasteiger partial charge on any atom is 0.0476 e. The van der Waals surface area contributed by atoms with Gasteiger partial charge < -0.3 is 4.90 Å². The topological polar surface area (TPSA) is 3.24 Å². The Morgan fingerprint density at radius 3 is 2.61 bits per heavy atom. The van der Waals surface area contributed by atoms with Crippen LogP contribution in [0.1, 0.15) is 17.5 Å². The van der Waals surface area contributed by atoms with Gasteiger partial charge in [-0.15, -0.1) is 0 Å². The van der Waals surface area contributed by atoms with Gasteiger partial charge in [0.1, 0.15) is 0 Å². The first kappa shape index (κ1) is 11.3. The molecule has 0 N–H and O–H groups in total. The molecular weight excluding hydrogens is 218 g/mol. The van der Waals surface area contributed by atoms with Crippen LogP contribution in [0.25, 0.3) is 11.1 Å². The van der Waals surface area contributed by atoms with E-state index in [1.807, 2.05) is 0 Å². The zero-order chi connectivity index (χ0) is 12.5. The molecule has 0 saturated heterocycles. The van der Waals surface area contributed by atoms with Gasteiger partial charge in [0.25, 0.3) is 0 Å². The fraction of sp³-hybridized carbons (Fsp3) is 0.294. The molecule has 0 unspecified atom stereocenters. The number of aryl methyl sites for hydroxylation is 2. The summed E-state index contributed by atoms with van der Waals surface area (Å²) in [6.07, 6.45) is 2.47. The molecule has 0 radical (unpaired) electrons. The number of hydrogen-bond acceptors (Lipinski definition) is 1. The molecule has 0 aliphatic carbocycles. The molecule has 0 atom stereocenters. The first-order chi connectivity index (χ1) is 8.75. The van der Waals surface area contributed by atoms with E-state index in [0.29, 0.717) is 0 Å². The van der Waals surface area contributed by atoms with E-state index in [-0.39, 0.29) is 0 Å². The van der Waals surface area contributed by atoms with Crippen LogP contribution in [0.5, 0.6) is 0 Å². The fourth-order valence-corrected chi connectivity index (χ4v) is 2.95.